The number of aryl methyl sites for hydroxylation is 1. The predicted molar refractivity (Wildman–Crippen MR) is 130 cm³/mol. The second-order valence-electron chi connectivity index (χ2n) is 9.49. The minimum atomic E-state index is -0.0312. The molecule has 1 saturated heterocycles. The number of piperidine rings is 1. The number of H-pyrrole nitrogens is 1. The molecule has 0 amide bonds. The average molecular weight is 427 g/mol. The molecule has 0 aliphatic carbocycles. The minimum absolute atomic E-state index is 0.0312. The standard InChI is InChI=1S/C27H30N4O/c1-18-8-7-9-21(13-18)25-24-14-22(17-30-15-19(2)12-20(3)16-30)27(32)28-26(24)31(29-25)23-10-5-4-6-11-23/h4-11,13-14,19-20H,12,15-17H2,1-3H3,(H,28,32)/t19-,20-/m1/s1. The Labute approximate surface area is 188 Å². The number of fused-ring (bicyclic) bond motifs is 1. The number of hydrogen-bond acceptors (Lipinski definition) is 3. The molecule has 164 valence electrons. The fourth-order valence-electron chi connectivity index (χ4n) is 5.16. The number of nitrogens with one attached hydrogen (secondary N) is 1. The largest absolute Gasteiger partial charge is 0.306 e. The van der Waals surface area contributed by atoms with Crippen LogP contribution in [0.3, 0.4) is 0 Å². The number of pyridine rings is 1. The van der Waals surface area contributed by atoms with Crippen molar-refractivity contribution in [2.24, 2.45) is 11.8 Å². The Kier molecular flexibility index (Phi) is 5.43. The van der Waals surface area contributed by atoms with Crippen molar-refractivity contribution >= 4 is 11.0 Å². The first kappa shape index (κ1) is 20.7. The second kappa shape index (κ2) is 8.40. The zero-order valence-electron chi connectivity index (χ0n) is 19.0. The first-order valence-electron chi connectivity index (χ1n) is 11.5. The fourth-order valence-corrected chi connectivity index (χ4v) is 5.16. The van der Waals surface area contributed by atoms with Gasteiger partial charge in [0, 0.05) is 36.1 Å². The quantitative estimate of drug-likeness (QED) is 0.490. The summed E-state index contributed by atoms with van der Waals surface area (Å²) in [5.41, 5.74) is 5.58. The van der Waals surface area contributed by atoms with Gasteiger partial charge in [-0.05, 0) is 49.4 Å². The summed E-state index contributed by atoms with van der Waals surface area (Å²) in [4.78, 5) is 18.7. The van der Waals surface area contributed by atoms with E-state index in [0.29, 0.717) is 18.4 Å². The number of nitrogens with zero attached hydrogens (tertiary/aromatic N) is 3. The average Bonchev–Trinajstić information content (AvgIpc) is 3.12. The van der Waals surface area contributed by atoms with Gasteiger partial charge in [-0.2, -0.15) is 5.10 Å². The van der Waals surface area contributed by atoms with Crippen LogP contribution < -0.4 is 5.56 Å². The van der Waals surface area contributed by atoms with E-state index in [0.717, 1.165) is 46.6 Å². The highest BCUT2D eigenvalue weighted by molar-refractivity contribution is 5.92. The van der Waals surface area contributed by atoms with Gasteiger partial charge in [-0.3, -0.25) is 9.69 Å². The van der Waals surface area contributed by atoms with Crippen LogP contribution in [0.5, 0.6) is 0 Å². The molecule has 0 saturated carbocycles. The van der Waals surface area contributed by atoms with E-state index in [2.05, 4.69) is 61.0 Å². The van der Waals surface area contributed by atoms with Crippen LogP contribution in [-0.4, -0.2) is 32.8 Å². The van der Waals surface area contributed by atoms with Gasteiger partial charge in [0.25, 0.3) is 5.56 Å². The number of benzene rings is 2. The molecule has 5 heteroatoms. The number of likely N-dealkylation sites (tertiary alicyclic amines) is 1. The van der Waals surface area contributed by atoms with Crippen LogP contribution in [0, 0.1) is 18.8 Å². The zero-order valence-corrected chi connectivity index (χ0v) is 19.0. The van der Waals surface area contributed by atoms with Crippen LogP contribution in [0.15, 0.2) is 65.5 Å². The molecule has 1 aliphatic rings. The van der Waals surface area contributed by atoms with Crippen molar-refractivity contribution in [3.63, 3.8) is 0 Å². The van der Waals surface area contributed by atoms with E-state index >= 15 is 0 Å². The molecule has 2 aromatic carbocycles. The molecule has 5 rings (SSSR count). The molecule has 3 heterocycles. The summed E-state index contributed by atoms with van der Waals surface area (Å²) in [6, 6.07) is 20.4. The lowest BCUT2D eigenvalue weighted by Crippen LogP contribution is -2.39. The van der Waals surface area contributed by atoms with Gasteiger partial charge in [0.2, 0.25) is 0 Å². The summed E-state index contributed by atoms with van der Waals surface area (Å²) in [6.07, 6.45) is 1.26. The third kappa shape index (κ3) is 4.00. The maximum absolute atomic E-state index is 13.1. The lowest BCUT2D eigenvalue weighted by atomic mass is 9.91. The van der Waals surface area contributed by atoms with Gasteiger partial charge in [-0.25, -0.2) is 4.68 Å². The lowest BCUT2D eigenvalue weighted by Gasteiger charge is -2.34. The summed E-state index contributed by atoms with van der Waals surface area (Å²) in [5, 5.41) is 5.94. The fraction of sp³-hybridized carbons (Fsp3) is 0.333. The first-order chi connectivity index (χ1) is 15.5. The predicted octanol–water partition coefficient (Wildman–Crippen LogP) is 5.17. The Morgan fingerprint density at radius 1 is 1.00 bits per heavy atom. The van der Waals surface area contributed by atoms with Gasteiger partial charge in [0.1, 0.15) is 11.3 Å². The summed E-state index contributed by atoms with van der Waals surface area (Å²) < 4.78 is 1.85. The molecule has 1 aliphatic heterocycles. The number of aromatic nitrogens is 3. The highest BCUT2D eigenvalue weighted by Gasteiger charge is 2.23. The SMILES string of the molecule is Cc1cccc(-c2nn(-c3ccccc3)c3[nH]c(=O)c(CN4C[C@H](C)C[C@@H](C)C4)cc23)c1. The van der Waals surface area contributed by atoms with Gasteiger partial charge in [-0.15, -0.1) is 0 Å². The Hall–Kier alpha value is -3.18. The van der Waals surface area contributed by atoms with Crippen LogP contribution in [0.4, 0.5) is 0 Å². The summed E-state index contributed by atoms with van der Waals surface area (Å²) in [6.45, 7) is 9.44. The summed E-state index contributed by atoms with van der Waals surface area (Å²) in [5.74, 6) is 1.32. The maximum atomic E-state index is 13.1. The summed E-state index contributed by atoms with van der Waals surface area (Å²) >= 11 is 0. The maximum Gasteiger partial charge on any atom is 0.254 e. The van der Waals surface area contributed by atoms with E-state index in [1.54, 1.807) is 0 Å². The Bertz CT molecular complexity index is 1290. The number of para-hydroxylation sites is 1. The van der Waals surface area contributed by atoms with Gasteiger partial charge in [-0.1, -0.05) is 55.8 Å². The van der Waals surface area contributed by atoms with E-state index in [-0.39, 0.29) is 5.56 Å². The monoisotopic (exact) mass is 426 g/mol. The minimum Gasteiger partial charge on any atom is -0.306 e. The van der Waals surface area contributed by atoms with Gasteiger partial charge in [0.05, 0.1) is 5.69 Å². The molecule has 5 nitrogen and oxygen atoms in total. The van der Waals surface area contributed by atoms with E-state index in [4.69, 9.17) is 5.10 Å². The second-order valence-corrected chi connectivity index (χ2v) is 9.49. The normalized spacial score (nSPS) is 19.5. The number of rotatable bonds is 4. The van der Waals surface area contributed by atoms with Crippen molar-refractivity contribution in [1.29, 1.82) is 0 Å². The smallest absolute Gasteiger partial charge is 0.254 e. The molecule has 4 aromatic rings. The van der Waals surface area contributed by atoms with E-state index in [9.17, 15) is 4.79 Å². The molecule has 0 radical (unpaired) electrons. The molecule has 1 fully saturated rings. The van der Waals surface area contributed by atoms with Crippen LogP contribution in [-0.2, 0) is 6.54 Å². The van der Waals surface area contributed by atoms with Crippen molar-refractivity contribution in [3.8, 4) is 16.9 Å². The third-order valence-electron chi connectivity index (χ3n) is 6.39. The lowest BCUT2D eigenvalue weighted by molar-refractivity contribution is 0.134. The molecule has 2 atom stereocenters. The van der Waals surface area contributed by atoms with E-state index < -0.39 is 0 Å². The Morgan fingerprint density at radius 2 is 1.75 bits per heavy atom. The zero-order chi connectivity index (χ0) is 22.2. The Balaban J connectivity index is 1.65. The molecular formula is C27H30N4O. The van der Waals surface area contributed by atoms with Crippen molar-refractivity contribution in [1.82, 2.24) is 19.7 Å². The molecule has 0 spiro atoms. The molecule has 2 aromatic heterocycles. The highest BCUT2D eigenvalue weighted by atomic mass is 16.1. The molecular weight excluding hydrogens is 396 g/mol. The Morgan fingerprint density at radius 3 is 2.47 bits per heavy atom. The third-order valence-corrected chi connectivity index (χ3v) is 6.39. The number of aromatic amines is 1. The van der Waals surface area contributed by atoms with Crippen molar-refractivity contribution in [3.05, 3.63) is 82.1 Å². The van der Waals surface area contributed by atoms with Crippen LogP contribution in [0.25, 0.3) is 28.0 Å². The van der Waals surface area contributed by atoms with Crippen LogP contribution in [0.1, 0.15) is 31.4 Å². The molecule has 0 unspecified atom stereocenters. The van der Waals surface area contributed by atoms with Gasteiger partial charge < -0.3 is 4.98 Å². The van der Waals surface area contributed by atoms with Gasteiger partial charge in [0.15, 0.2) is 0 Å². The number of hydrogen-bond donors (Lipinski definition) is 1. The topological polar surface area (TPSA) is 53.9 Å². The van der Waals surface area contributed by atoms with Crippen LogP contribution >= 0.6 is 0 Å². The van der Waals surface area contributed by atoms with Crippen molar-refractivity contribution in [2.75, 3.05) is 13.1 Å². The van der Waals surface area contributed by atoms with Crippen molar-refractivity contribution < 1.29 is 0 Å². The first-order valence-corrected chi connectivity index (χ1v) is 11.5. The summed E-state index contributed by atoms with van der Waals surface area (Å²) in [7, 11) is 0. The van der Waals surface area contributed by atoms with Crippen molar-refractivity contribution in [2.45, 2.75) is 33.7 Å². The van der Waals surface area contributed by atoms with E-state index in [1.165, 1.54) is 12.0 Å². The van der Waals surface area contributed by atoms with E-state index in [1.807, 2.05) is 35.0 Å². The molecule has 32 heavy (non-hydrogen) atoms. The van der Waals surface area contributed by atoms with Crippen LogP contribution in [0.2, 0.25) is 0 Å². The van der Waals surface area contributed by atoms with Gasteiger partial charge >= 0.3 is 0 Å². The highest BCUT2D eigenvalue weighted by Crippen LogP contribution is 2.30. The molecule has 1 N–H and O–H groups in total. The molecule has 0 bridgehead atoms.